The Morgan fingerprint density at radius 3 is 2.48 bits per heavy atom. The molecule has 0 fully saturated rings. The molecular formula is C12H17F3N2O3S. The minimum absolute atomic E-state index is 0.236. The number of hydrogen-bond acceptors (Lipinski definition) is 4. The second-order valence-corrected chi connectivity index (χ2v) is 5.96. The predicted octanol–water partition coefficient (Wildman–Crippen LogP) is 1.65. The van der Waals surface area contributed by atoms with Gasteiger partial charge >= 0.3 is 6.18 Å². The molecule has 0 atom stereocenters. The van der Waals surface area contributed by atoms with E-state index in [4.69, 9.17) is 4.74 Å². The Kier molecular flexibility index (Phi) is 5.99. The number of methoxy groups -OCH3 is 1. The molecule has 2 N–H and O–H groups in total. The summed E-state index contributed by atoms with van der Waals surface area (Å²) in [6.45, 7) is 1.27. The van der Waals surface area contributed by atoms with E-state index in [0.29, 0.717) is 24.4 Å². The number of benzene rings is 1. The molecule has 0 aliphatic rings. The Bertz CT molecular complexity index is 574. The Morgan fingerprint density at radius 1 is 1.29 bits per heavy atom. The molecule has 5 nitrogen and oxygen atoms in total. The smallest absolute Gasteiger partial charge is 0.402 e. The number of alkyl halides is 3. The summed E-state index contributed by atoms with van der Waals surface area (Å²) in [4.78, 5) is -0.236. The standard InChI is InChI=1S/C12H17F3N2O3S/c1-3-16-7-9-6-10(4-5-11(9)20-2)21(18,19)17-8-12(13,14)15/h4-6,16-17H,3,7-8H2,1-2H3. The molecule has 0 saturated carbocycles. The van der Waals surface area contributed by atoms with Crippen LogP contribution < -0.4 is 14.8 Å². The van der Waals surface area contributed by atoms with Gasteiger partial charge in [0.25, 0.3) is 0 Å². The van der Waals surface area contributed by atoms with E-state index in [1.54, 1.807) is 0 Å². The van der Waals surface area contributed by atoms with Crippen LogP contribution >= 0.6 is 0 Å². The highest BCUT2D eigenvalue weighted by molar-refractivity contribution is 7.89. The van der Waals surface area contributed by atoms with E-state index < -0.39 is 22.7 Å². The fourth-order valence-electron chi connectivity index (χ4n) is 1.58. The van der Waals surface area contributed by atoms with Crippen LogP contribution in [0.25, 0.3) is 0 Å². The summed E-state index contributed by atoms with van der Waals surface area (Å²) >= 11 is 0. The molecular weight excluding hydrogens is 309 g/mol. The van der Waals surface area contributed by atoms with E-state index in [0.717, 1.165) is 0 Å². The van der Waals surface area contributed by atoms with Crippen LogP contribution in [0.5, 0.6) is 5.75 Å². The zero-order valence-corrected chi connectivity index (χ0v) is 12.4. The van der Waals surface area contributed by atoms with E-state index in [1.807, 2.05) is 6.92 Å². The third-order valence-electron chi connectivity index (χ3n) is 2.59. The van der Waals surface area contributed by atoms with Crippen molar-refractivity contribution >= 4 is 10.0 Å². The predicted molar refractivity (Wildman–Crippen MR) is 71.6 cm³/mol. The topological polar surface area (TPSA) is 67.4 Å². The lowest BCUT2D eigenvalue weighted by atomic mass is 10.2. The molecule has 1 aromatic rings. The van der Waals surface area contributed by atoms with Crippen molar-refractivity contribution in [2.75, 3.05) is 20.2 Å². The van der Waals surface area contributed by atoms with E-state index in [-0.39, 0.29) is 4.90 Å². The number of rotatable bonds is 7. The zero-order valence-electron chi connectivity index (χ0n) is 11.6. The first-order chi connectivity index (χ1) is 9.69. The van der Waals surface area contributed by atoms with Gasteiger partial charge < -0.3 is 10.1 Å². The van der Waals surface area contributed by atoms with E-state index in [9.17, 15) is 21.6 Å². The molecule has 0 spiro atoms. The normalized spacial score (nSPS) is 12.4. The van der Waals surface area contributed by atoms with Crippen molar-refractivity contribution in [3.8, 4) is 5.75 Å². The van der Waals surface area contributed by atoms with Gasteiger partial charge in [-0.2, -0.15) is 13.2 Å². The molecule has 120 valence electrons. The van der Waals surface area contributed by atoms with Crippen molar-refractivity contribution in [2.45, 2.75) is 24.5 Å². The third-order valence-corrected chi connectivity index (χ3v) is 3.99. The first-order valence-electron chi connectivity index (χ1n) is 6.13. The monoisotopic (exact) mass is 326 g/mol. The molecule has 0 bridgehead atoms. The lowest BCUT2D eigenvalue weighted by molar-refractivity contribution is -0.121. The molecule has 0 heterocycles. The highest BCUT2D eigenvalue weighted by Crippen LogP contribution is 2.23. The van der Waals surface area contributed by atoms with Gasteiger partial charge in [-0.3, -0.25) is 0 Å². The van der Waals surface area contributed by atoms with Crippen molar-refractivity contribution in [1.82, 2.24) is 10.0 Å². The lowest BCUT2D eigenvalue weighted by Gasteiger charge is -2.13. The van der Waals surface area contributed by atoms with Crippen molar-refractivity contribution in [1.29, 1.82) is 0 Å². The summed E-state index contributed by atoms with van der Waals surface area (Å²) in [6, 6.07) is 3.90. The maximum absolute atomic E-state index is 12.1. The minimum atomic E-state index is -4.61. The average Bonchev–Trinajstić information content (AvgIpc) is 2.42. The molecule has 0 saturated heterocycles. The Hall–Kier alpha value is -1.32. The average molecular weight is 326 g/mol. The molecule has 0 radical (unpaired) electrons. The van der Waals surface area contributed by atoms with E-state index in [2.05, 4.69) is 5.32 Å². The Morgan fingerprint density at radius 2 is 1.95 bits per heavy atom. The summed E-state index contributed by atoms with van der Waals surface area (Å²) in [5, 5.41) is 3.00. The zero-order chi connectivity index (χ0) is 16.1. The number of nitrogens with one attached hydrogen (secondary N) is 2. The number of sulfonamides is 1. The molecule has 0 amide bonds. The molecule has 0 aliphatic heterocycles. The summed E-state index contributed by atoms with van der Waals surface area (Å²) in [7, 11) is -2.79. The van der Waals surface area contributed by atoms with Crippen molar-refractivity contribution in [3.05, 3.63) is 23.8 Å². The van der Waals surface area contributed by atoms with E-state index in [1.165, 1.54) is 30.0 Å². The van der Waals surface area contributed by atoms with Crippen LogP contribution in [0, 0.1) is 0 Å². The van der Waals surface area contributed by atoms with Gasteiger partial charge in [-0.25, -0.2) is 13.1 Å². The van der Waals surface area contributed by atoms with Crippen molar-refractivity contribution in [2.24, 2.45) is 0 Å². The lowest BCUT2D eigenvalue weighted by Crippen LogP contribution is -2.33. The highest BCUT2D eigenvalue weighted by atomic mass is 32.2. The molecule has 0 aromatic heterocycles. The van der Waals surface area contributed by atoms with Gasteiger partial charge in [0.1, 0.15) is 12.3 Å². The van der Waals surface area contributed by atoms with Crippen molar-refractivity contribution in [3.63, 3.8) is 0 Å². The van der Waals surface area contributed by atoms with Gasteiger partial charge in [-0.05, 0) is 24.7 Å². The van der Waals surface area contributed by atoms with E-state index >= 15 is 0 Å². The van der Waals surface area contributed by atoms with Gasteiger partial charge in [-0.15, -0.1) is 0 Å². The Labute approximate surface area is 121 Å². The van der Waals surface area contributed by atoms with Gasteiger partial charge in [0.05, 0.1) is 12.0 Å². The maximum atomic E-state index is 12.1. The Balaban J connectivity index is 3.01. The van der Waals surface area contributed by atoms with Crippen LogP contribution in [0.4, 0.5) is 13.2 Å². The van der Waals surface area contributed by atoms with Crippen LogP contribution in [-0.2, 0) is 16.6 Å². The van der Waals surface area contributed by atoms with Crippen LogP contribution in [0.15, 0.2) is 23.1 Å². The second kappa shape index (κ2) is 7.10. The van der Waals surface area contributed by atoms with Gasteiger partial charge in [0, 0.05) is 12.1 Å². The molecule has 9 heteroatoms. The van der Waals surface area contributed by atoms with Gasteiger partial charge in [-0.1, -0.05) is 6.92 Å². The molecule has 1 aromatic carbocycles. The SMILES string of the molecule is CCNCc1cc(S(=O)(=O)NCC(F)(F)F)ccc1OC. The molecule has 0 aliphatic carbocycles. The third kappa shape index (κ3) is 5.52. The summed E-state index contributed by atoms with van der Waals surface area (Å²) in [5.41, 5.74) is 0.550. The van der Waals surface area contributed by atoms with Crippen LogP contribution in [0.1, 0.15) is 12.5 Å². The second-order valence-electron chi connectivity index (χ2n) is 4.19. The molecule has 21 heavy (non-hydrogen) atoms. The minimum Gasteiger partial charge on any atom is -0.496 e. The summed E-state index contributed by atoms with van der Waals surface area (Å²) in [6.07, 6.45) is -4.61. The first kappa shape index (κ1) is 17.7. The van der Waals surface area contributed by atoms with Gasteiger partial charge in [0.15, 0.2) is 0 Å². The maximum Gasteiger partial charge on any atom is 0.402 e. The summed E-state index contributed by atoms with van der Waals surface area (Å²) in [5.74, 6) is 0.464. The highest BCUT2D eigenvalue weighted by Gasteiger charge is 2.30. The van der Waals surface area contributed by atoms with Crippen LogP contribution in [-0.4, -0.2) is 34.8 Å². The molecule has 0 unspecified atom stereocenters. The summed E-state index contributed by atoms with van der Waals surface area (Å²) < 4.78 is 66.6. The van der Waals surface area contributed by atoms with Gasteiger partial charge in [0.2, 0.25) is 10.0 Å². The van der Waals surface area contributed by atoms with Crippen LogP contribution in [0.2, 0.25) is 0 Å². The molecule has 1 rings (SSSR count). The fraction of sp³-hybridized carbons (Fsp3) is 0.500. The van der Waals surface area contributed by atoms with Crippen molar-refractivity contribution < 1.29 is 26.3 Å². The first-order valence-corrected chi connectivity index (χ1v) is 7.62. The number of halogens is 3. The van der Waals surface area contributed by atoms with Crippen LogP contribution in [0.3, 0.4) is 0 Å². The largest absolute Gasteiger partial charge is 0.496 e. The number of ether oxygens (including phenoxy) is 1. The fourth-order valence-corrected chi connectivity index (χ4v) is 2.65. The quantitative estimate of drug-likeness (QED) is 0.799. The number of hydrogen-bond donors (Lipinski definition) is 2.